The number of hydrogen-bond acceptors (Lipinski definition) is 2. The first-order chi connectivity index (χ1) is 12.2. The van der Waals surface area contributed by atoms with Crippen LogP contribution >= 0.6 is 11.6 Å². The summed E-state index contributed by atoms with van der Waals surface area (Å²) in [4.78, 5) is 12.6. The first kappa shape index (κ1) is 17.8. The van der Waals surface area contributed by atoms with E-state index < -0.39 is 0 Å². The summed E-state index contributed by atoms with van der Waals surface area (Å²) < 4.78 is 5.44. The van der Waals surface area contributed by atoms with Gasteiger partial charge in [-0.05, 0) is 41.8 Å². The molecule has 0 atom stereocenters. The van der Waals surface area contributed by atoms with E-state index in [1.807, 2.05) is 54.6 Å². The number of carbonyl (C=O) groups is 1. The molecule has 0 spiro atoms. The van der Waals surface area contributed by atoms with Crippen LogP contribution in [0.15, 0.2) is 42.5 Å². The number of Topliss-reactive ketones (excluding diaryl/α,β-unsaturated/α-hetero) is 1. The van der Waals surface area contributed by atoms with Crippen molar-refractivity contribution in [1.29, 1.82) is 0 Å². The normalized spacial score (nSPS) is 15.0. The van der Waals surface area contributed by atoms with Crippen molar-refractivity contribution in [3.05, 3.63) is 64.2 Å². The predicted molar refractivity (Wildman–Crippen MR) is 104 cm³/mol. The Balaban J connectivity index is 1.79. The molecule has 0 aliphatic heterocycles. The third-order valence-electron chi connectivity index (χ3n) is 4.83. The lowest BCUT2D eigenvalue weighted by molar-refractivity contribution is 0.0962. The van der Waals surface area contributed by atoms with E-state index in [-0.39, 0.29) is 5.78 Å². The van der Waals surface area contributed by atoms with Gasteiger partial charge in [-0.25, -0.2) is 0 Å². The molecule has 25 heavy (non-hydrogen) atoms. The van der Waals surface area contributed by atoms with Crippen molar-refractivity contribution in [2.45, 2.75) is 32.1 Å². The number of halogens is 1. The monoisotopic (exact) mass is 354 g/mol. The van der Waals surface area contributed by atoms with Gasteiger partial charge in [0.15, 0.2) is 5.78 Å². The standard InChI is InChI=1S/C22H23ClO2/c1-25-22-13-10-18(21(24)14-17-4-2-3-5-17)15-19(22)9-6-16-7-11-20(23)12-8-16/h6-13,15,17H,2-5,14H2,1H3/b9-6+. The highest BCUT2D eigenvalue weighted by molar-refractivity contribution is 6.30. The number of methoxy groups -OCH3 is 1. The number of carbonyl (C=O) groups excluding carboxylic acids is 1. The Morgan fingerprint density at radius 1 is 1.12 bits per heavy atom. The molecule has 0 unspecified atom stereocenters. The van der Waals surface area contributed by atoms with Gasteiger partial charge in [-0.1, -0.05) is 61.6 Å². The summed E-state index contributed by atoms with van der Waals surface area (Å²) in [6, 6.07) is 13.3. The van der Waals surface area contributed by atoms with E-state index >= 15 is 0 Å². The van der Waals surface area contributed by atoms with E-state index in [1.54, 1.807) is 7.11 Å². The Bertz CT molecular complexity index is 756. The van der Waals surface area contributed by atoms with Gasteiger partial charge in [0, 0.05) is 22.6 Å². The molecule has 0 amide bonds. The molecule has 2 aromatic carbocycles. The van der Waals surface area contributed by atoms with E-state index in [0.29, 0.717) is 17.4 Å². The molecular formula is C22H23ClO2. The molecule has 0 heterocycles. The Morgan fingerprint density at radius 3 is 2.52 bits per heavy atom. The molecule has 1 saturated carbocycles. The average molecular weight is 355 g/mol. The molecule has 1 fully saturated rings. The molecule has 0 saturated heterocycles. The van der Waals surface area contributed by atoms with Gasteiger partial charge < -0.3 is 4.74 Å². The van der Waals surface area contributed by atoms with Crippen molar-refractivity contribution in [2.24, 2.45) is 5.92 Å². The average Bonchev–Trinajstić information content (AvgIpc) is 3.14. The zero-order valence-electron chi connectivity index (χ0n) is 14.5. The molecule has 1 aliphatic rings. The number of rotatable bonds is 6. The fourth-order valence-corrected chi connectivity index (χ4v) is 3.52. The van der Waals surface area contributed by atoms with Crippen molar-refractivity contribution in [2.75, 3.05) is 7.11 Å². The highest BCUT2D eigenvalue weighted by Crippen LogP contribution is 2.30. The lowest BCUT2D eigenvalue weighted by Crippen LogP contribution is -2.06. The Kier molecular flexibility index (Phi) is 5.93. The topological polar surface area (TPSA) is 26.3 Å². The number of hydrogen-bond donors (Lipinski definition) is 0. The molecule has 3 rings (SSSR count). The zero-order chi connectivity index (χ0) is 17.6. The first-order valence-corrected chi connectivity index (χ1v) is 9.18. The minimum absolute atomic E-state index is 0.232. The van der Waals surface area contributed by atoms with Crippen LogP contribution in [0.25, 0.3) is 12.2 Å². The summed E-state index contributed by atoms with van der Waals surface area (Å²) >= 11 is 5.92. The van der Waals surface area contributed by atoms with E-state index in [1.165, 1.54) is 25.7 Å². The van der Waals surface area contributed by atoms with Crippen molar-refractivity contribution in [1.82, 2.24) is 0 Å². The first-order valence-electron chi connectivity index (χ1n) is 8.80. The van der Waals surface area contributed by atoms with Gasteiger partial charge in [-0.3, -0.25) is 4.79 Å². The molecule has 130 valence electrons. The maximum absolute atomic E-state index is 12.6. The largest absolute Gasteiger partial charge is 0.496 e. The van der Waals surface area contributed by atoms with Crippen molar-refractivity contribution < 1.29 is 9.53 Å². The molecular weight excluding hydrogens is 332 g/mol. The summed E-state index contributed by atoms with van der Waals surface area (Å²) in [6.45, 7) is 0. The fraction of sp³-hybridized carbons (Fsp3) is 0.318. The third-order valence-corrected chi connectivity index (χ3v) is 5.08. The molecule has 0 N–H and O–H groups in total. The lowest BCUT2D eigenvalue weighted by Gasteiger charge is -2.10. The number of benzene rings is 2. The summed E-state index contributed by atoms with van der Waals surface area (Å²) in [6.07, 6.45) is 9.53. The molecule has 2 aromatic rings. The van der Waals surface area contributed by atoms with Crippen molar-refractivity contribution >= 4 is 29.5 Å². The van der Waals surface area contributed by atoms with E-state index in [2.05, 4.69) is 0 Å². The Morgan fingerprint density at radius 2 is 1.84 bits per heavy atom. The smallest absolute Gasteiger partial charge is 0.163 e. The van der Waals surface area contributed by atoms with Crippen LogP contribution in [0.3, 0.4) is 0 Å². The van der Waals surface area contributed by atoms with Gasteiger partial charge in [-0.15, -0.1) is 0 Å². The summed E-state index contributed by atoms with van der Waals surface area (Å²) in [5.41, 5.74) is 2.73. The van der Waals surface area contributed by atoms with Crippen LogP contribution in [-0.4, -0.2) is 12.9 Å². The van der Waals surface area contributed by atoms with Gasteiger partial charge in [-0.2, -0.15) is 0 Å². The second-order valence-electron chi connectivity index (χ2n) is 6.62. The molecule has 1 aliphatic carbocycles. The van der Waals surface area contributed by atoms with Crippen molar-refractivity contribution in [3.8, 4) is 5.75 Å². The van der Waals surface area contributed by atoms with Crippen LogP contribution in [0.4, 0.5) is 0 Å². The fourth-order valence-electron chi connectivity index (χ4n) is 3.39. The third kappa shape index (κ3) is 4.73. The SMILES string of the molecule is COc1ccc(C(=O)CC2CCCC2)cc1/C=C/c1ccc(Cl)cc1. The van der Waals surface area contributed by atoms with Crippen LogP contribution < -0.4 is 4.74 Å². The van der Waals surface area contributed by atoms with E-state index in [0.717, 1.165) is 22.4 Å². The van der Waals surface area contributed by atoms with Gasteiger partial charge in [0.1, 0.15) is 5.75 Å². The van der Waals surface area contributed by atoms with Crippen LogP contribution in [0.2, 0.25) is 5.02 Å². The quantitative estimate of drug-likeness (QED) is 0.450. The summed E-state index contributed by atoms with van der Waals surface area (Å²) in [5.74, 6) is 1.56. The summed E-state index contributed by atoms with van der Waals surface area (Å²) in [5, 5.41) is 0.717. The Hall–Kier alpha value is -2.06. The Labute approximate surface area is 154 Å². The maximum atomic E-state index is 12.6. The molecule has 3 heteroatoms. The van der Waals surface area contributed by atoms with Gasteiger partial charge in [0.2, 0.25) is 0 Å². The van der Waals surface area contributed by atoms with Crippen LogP contribution in [-0.2, 0) is 0 Å². The number of ether oxygens (including phenoxy) is 1. The van der Waals surface area contributed by atoms with Crippen LogP contribution in [0, 0.1) is 5.92 Å². The minimum atomic E-state index is 0.232. The second-order valence-corrected chi connectivity index (χ2v) is 7.06. The van der Waals surface area contributed by atoms with Crippen LogP contribution in [0.1, 0.15) is 53.6 Å². The van der Waals surface area contributed by atoms with Crippen molar-refractivity contribution in [3.63, 3.8) is 0 Å². The number of ketones is 1. The summed E-state index contributed by atoms with van der Waals surface area (Å²) in [7, 11) is 1.65. The molecule has 0 aromatic heterocycles. The highest BCUT2D eigenvalue weighted by Gasteiger charge is 2.19. The maximum Gasteiger partial charge on any atom is 0.163 e. The molecule has 2 nitrogen and oxygen atoms in total. The lowest BCUT2D eigenvalue weighted by atomic mass is 9.96. The van der Waals surface area contributed by atoms with E-state index in [9.17, 15) is 4.79 Å². The minimum Gasteiger partial charge on any atom is -0.496 e. The molecule has 0 bridgehead atoms. The van der Waals surface area contributed by atoms with E-state index in [4.69, 9.17) is 16.3 Å². The predicted octanol–water partition coefficient (Wildman–Crippen LogP) is 6.28. The van der Waals surface area contributed by atoms with Crippen LogP contribution in [0.5, 0.6) is 5.75 Å². The highest BCUT2D eigenvalue weighted by atomic mass is 35.5. The van der Waals surface area contributed by atoms with Gasteiger partial charge >= 0.3 is 0 Å². The van der Waals surface area contributed by atoms with Gasteiger partial charge in [0.25, 0.3) is 0 Å². The molecule has 0 radical (unpaired) electrons. The zero-order valence-corrected chi connectivity index (χ0v) is 15.3. The second kappa shape index (κ2) is 8.35. The van der Waals surface area contributed by atoms with Gasteiger partial charge in [0.05, 0.1) is 7.11 Å².